The first-order valence-electron chi connectivity index (χ1n) is 14.1. The molecule has 1 aromatic heterocycles. The van der Waals surface area contributed by atoms with E-state index in [1.165, 1.54) is 17.4 Å². The molecule has 1 aromatic rings. The number of nitrogens with two attached hydrogens (primary N) is 1. The van der Waals surface area contributed by atoms with Crippen molar-refractivity contribution >= 4 is 29.4 Å². The lowest BCUT2D eigenvalue weighted by Crippen LogP contribution is -2.43. The lowest BCUT2D eigenvalue weighted by molar-refractivity contribution is -0.179. The summed E-state index contributed by atoms with van der Waals surface area (Å²) < 4.78 is 18.2. The zero-order valence-corrected chi connectivity index (χ0v) is 23.7. The Morgan fingerprint density at radius 3 is 2.13 bits per heavy atom. The van der Waals surface area contributed by atoms with Gasteiger partial charge >= 0.3 is 11.9 Å². The van der Waals surface area contributed by atoms with Gasteiger partial charge in [0.2, 0.25) is 5.95 Å². The van der Waals surface area contributed by atoms with Gasteiger partial charge in [0.25, 0.3) is 12.0 Å². The molecule has 0 amide bonds. The van der Waals surface area contributed by atoms with Crippen molar-refractivity contribution in [3.63, 3.8) is 0 Å². The minimum atomic E-state index is -1.09. The number of anilines is 3. The smallest absolute Gasteiger partial charge is 0.309 e. The Balaban J connectivity index is 1.94. The molecule has 38 heavy (non-hydrogen) atoms. The molecule has 0 radical (unpaired) electrons. The number of ether oxygens (including phenoxy) is 3. The van der Waals surface area contributed by atoms with E-state index >= 15 is 0 Å². The van der Waals surface area contributed by atoms with E-state index in [1.807, 2.05) is 0 Å². The molecule has 1 aliphatic rings. The Morgan fingerprint density at radius 1 is 0.895 bits per heavy atom. The monoisotopic (exact) mass is 537 g/mol. The Kier molecular flexibility index (Phi) is 14.0. The van der Waals surface area contributed by atoms with Crippen molar-refractivity contribution in [3.8, 4) is 0 Å². The van der Waals surface area contributed by atoms with Crippen LogP contribution in [0.5, 0.6) is 0 Å². The number of nitrogens with zero attached hydrogens (tertiary/aromatic N) is 4. The number of esters is 2. The molecule has 0 saturated heterocycles. The number of fused-ring (bicyclic) bond motifs is 1. The Hall–Kier alpha value is -2.82. The van der Waals surface area contributed by atoms with Gasteiger partial charge < -0.3 is 24.8 Å². The van der Waals surface area contributed by atoms with E-state index in [4.69, 9.17) is 19.9 Å². The molecular weight excluding hydrogens is 490 g/mol. The maximum Gasteiger partial charge on any atom is 0.309 e. The zero-order chi connectivity index (χ0) is 27.9. The third-order valence-electron chi connectivity index (χ3n) is 6.57. The van der Waals surface area contributed by atoms with Crippen LogP contribution in [0.15, 0.2) is 4.79 Å². The molecule has 1 unspecified atom stereocenters. The number of nitrogen functional groups attached to an aromatic ring is 1. The first-order chi connectivity index (χ1) is 18.3. The molecule has 216 valence electrons. The van der Waals surface area contributed by atoms with Gasteiger partial charge in [-0.3, -0.25) is 23.9 Å². The summed E-state index contributed by atoms with van der Waals surface area (Å²) in [5, 5.41) is 0. The van der Waals surface area contributed by atoms with Crippen LogP contribution < -0.4 is 21.1 Å². The molecule has 0 aromatic carbocycles. The minimum absolute atomic E-state index is 0.0525. The van der Waals surface area contributed by atoms with Crippen LogP contribution in [0.25, 0.3) is 0 Å². The number of unbranched alkanes of at least 4 members (excludes halogenated alkanes) is 8. The number of hydrogen-bond acceptors (Lipinski definition) is 10. The van der Waals surface area contributed by atoms with E-state index in [0.29, 0.717) is 24.3 Å². The second-order valence-corrected chi connectivity index (χ2v) is 9.89. The van der Waals surface area contributed by atoms with Gasteiger partial charge in [-0.1, -0.05) is 65.2 Å². The molecule has 1 aliphatic heterocycles. The van der Waals surface area contributed by atoms with Gasteiger partial charge in [0.1, 0.15) is 5.69 Å². The highest BCUT2D eigenvalue weighted by Gasteiger charge is 2.36. The topological polar surface area (TPSA) is 129 Å². The standard InChI is InChI=1S/C27H47N5O6/c1-5-7-9-11-13-16-21(33)36-18-15-19-37-27(38-22(34)17-14-12-10-8-6-2)32-20-30(3)23-24(32)29-26(28)31(4)25(23)35/h27H,5-20H2,1-4H3,(H2,28,29). The van der Waals surface area contributed by atoms with Crippen molar-refractivity contribution in [2.24, 2.45) is 7.05 Å². The minimum Gasteiger partial charge on any atom is -0.466 e. The van der Waals surface area contributed by atoms with Crippen molar-refractivity contribution in [3.05, 3.63) is 10.4 Å². The Bertz CT molecular complexity index is 937. The fourth-order valence-corrected chi connectivity index (χ4v) is 4.27. The number of carbonyl (C=O) groups excluding carboxylic acids is 2. The summed E-state index contributed by atoms with van der Waals surface area (Å²) >= 11 is 0. The van der Waals surface area contributed by atoms with Crippen molar-refractivity contribution in [1.29, 1.82) is 0 Å². The first kappa shape index (κ1) is 31.4. The molecule has 11 heteroatoms. The summed E-state index contributed by atoms with van der Waals surface area (Å²) in [6, 6.07) is 0. The molecule has 11 nitrogen and oxygen atoms in total. The fraction of sp³-hybridized carbons (Fsp3) is 0.778. The number of carbonyl (C=O) groups is 2. The van der Waals surface area contributed by atoms with Crippen LogP contribution in [-0.2, 0) is 30.8 Å². The maximum absolute atomic E-state index is 12.8. The lowest BCUT2D eigenvalue weighted by atomic mass is 10.1. The lowest BCUT2D eigenvalue weighted by Gasteiger charge is -2.28. The fourth-order valence-electron chi connectivity index (χ4n) is 4.27. The molecule has 2 rings (SSSR count). The molecule has 0 spiro atoms. The van der Waals surface area contributed by atoms with Crippen LogP contribution in [0.3, 0.4) is 0 Å². The van der Waals surface area contributed by atoms with Crippen LogP contribution in [0, 0.1) is 0 Å². The van der Waals surface area contributed by atoms with E-state index in [-0.39, 0.29) is 49.7 Å². The van der Waals surface area contributed by atoms with Crippen molar-refractivity contribution in [2.45, 2.75) is 104 Å². The van der Waals surface area contributed by atoms with Gasteiger partial charge in [0.15, 0.2) is 5.82 Å². The SMILES string of the molecule is CCCCCCCC(=O)OCCCOC(OC(=O)CCCCCCC)N1CN(C)c2c1nc(N)n(C)c2=O. The van der Waals surface area contributed by atoms with Crippen molar-refractivity contribution in [2.75, 3.05) is 42.5 Å². The highest BCUT2D eigenvalue weighted by atomic mass is 16.7. The summed E-state index contributed by atoms with van der Waals surface area (Å²) in [6.07, 6.45) is 10.5. The zero-order valence-electron chi connectivity index (χ0n) is 23.7. The highest BCUT2D eigenvalue weighted by Crippen LogP contribution is 2.32. The van der Waals surface area contributed by atoms with E-state index in [1.54, 1.807) is 23.9 Å². The summed E-state index contributed by atoms with van der Waals surface area (Å²) in [5.41, 5.74) is 6.01. The molecule has 0 saturated carbocycles. The van der Waals surface area contributed by atoms with Gasteiger partial charge in [-0.15, -0.1) is 0 Å². The predicted molar refractivity (Wildman–Crippen MR) is 148 cm³/mol. The maximum atomic E-state index is 12.8. The van der Waals surface area contributed by atoms with Gasteiger partial charge in [-0.25, -0.2) is 0 Å². The van der Waals surface area contributed by atoms with E-state index in [0.717, 1.165) is 51.4 Å². The quantitative estimate of drug-likeness (QED) is 0.157. The molecule has 0 bridgehead atoms. The van der Waals surface area contributed by atoms with Crippen LogP contribution in [-0.4, -0.2) is 54.8 Å². The van der Waals surface area contributed by atoms with Crippen molar-refractivity contribution in [1.82, 2.24) is 9.55 Å². The predicted octanol–water partition coefficient (Wildman–Crippen LogP) is 4.07. The third-order valence-corrected chi connectivity index (χ3v) is 6.57. The largest absolute Gasteiger partial charge is 0.466 e. The average Bonchev–Trinajstić information content (AvgIpc) is 3.21. The van der Waals surface area contributed by atoms with Gasteiger partial charge in [0, 0.05) is 33.4 Å². The van der Waals surface area contributed by atoms with Crippen LogP contribution in [0.4, 0.5) is 17.5 Å². The molecule has 1 atom stereocenters. The molecule has 2 N–H and O–H groups in total. The van der Waals surface area contributed by atoms with Crippen LogP contribution in [0.1, 0.15) is 97.3 Å². The second-order valence-electron chi connectivity index (χ2n) is 9.89. The van der Waals surface area contributed by atoms with E-state index < -0.39 is 6.41 Å². The third kappa shape index (κ3) is 9.81. The summed E-state index contributed by atoms with van der Waals surface area (Å²) in [4.78, 5) is 45.1. The number of hydrogen-bond donors (Lipinski definition) is 1. The number of rotatable bonds is 19. The van der Waals surface area contributed by atoms with Gasteiger partial charge in [0.05, 0.1) is 19.9 Å². The van der Waals surface area contributed by atoms with Crippen molar-refractivity contribution < 1.29 is 23.8 Å². The second kappa shape index (κ2) is 16.9. The highest BCUT2D eigenvalue weighted by molar-refractivity contribution is 5.74. The first-order valence-corrected chi connectivity index (χ1v) is 14.1. The van der Waals surface area contributed by atoms with E-state index in [2.05, 4.69) is 18.8 Å². The summed E-state index contributed by atoms with van der Waals surface area (Å²) in [7, 11) is 3.31. The summed E-state index contributed by atoms with van der Waals surface area (Å²) in [5.74, 6) is -0.230. The average molecular weight is 538 g/mol. The van der Waals surface area contributed by atoms with E-state index in [9.17, 15) is 14.4 Å². The summed E-state index contributed by atoms with van der Waals surface area (Å²) in [6.45, 7) is 4.94. The molecule has 0 fully saturated rings. The Morgan fingerprint density at radius 2 is 1.50 bits per heavy atom. The van der Waals surface area contributed by atoms with Gasteiger partial charge in [-0.2, -0.15) is 4.98 Å². The number of aromatic nitrogens is 2. The molecule has 0 aliphatic carbocycles. The normalized spacial score (nSPS) is 13.5. The molecule has 2 heterocycles. The van der Waals surface area contributed by atoms with Crippen LogP contribution >= 0.6 is 0 Å². The Labute approximate surface area is 226 Å². The van der Waals surface area contributed by atoms with Crippen LogP contribution in [0.2, 0.25) is 0 Å². The molecular formula is C27H47N5O6. The van der Waals surface area contributed by atoms with Gasteiger partial charge in [-0.05, 0) is 12.8 Å².